The zero-order valence-corrected chi connectivity index (χ0v) is 10.8. The van der Waals surface area contributed by atoms with Gasteiger partial charge in [0.15, 0.2) is 0 Å². The Morgan fingerprint density at radius 1 is 1.20 bits per heavy atom. The van der Waals surface area contributed by atoms with Crippen molar-refractivity contribution in [3.05, 3.63) is 0 Å². The summed E-state index contributed by atoms with van der Waals surface area (Å²) in [5, 5.41) is 0. The number of hydrogen-bond donors (Lipinski definition) is 1. The van der Waals surface area contributed by atoms with E-state index in [0.29, 0.717) is 6.04 Å². The molecule has 3 unspecified atom stereocenters. The molecular weight excluding hydrogens is 182 g/mol. The fourth-order valence-corrected chi connectivity index (χ4v) is 2.93. The van der Waals surface area contributed by atoms with Gasteiger partial charge in [0.25, 0.3) is 0 Å². The summed E-state index contributed by atoms with van der Waals surface area (Å²) in [4.78, 5) is 0. The highest BCUT2D eigenvalue weighted by molar-refractivity contribution is 4.82. The minimum absolute atomic E-state index is 0.497. The van der Waals surface area contributed by atoms with Crippen LogP contribution in [0, 0.1) is 17.8 Å². The van der Waals surface area contributed by atoms with E-state index in [2.05, 4.69) is 20.8 Å². The molecule has 0 saturated heterocycles. The molecule has 1 fully saturated rings. The highest BCUT2D eigenvalue weighted by Gasteiger charge is 2.27. The zero-order chi connectivity index (χ0) is 11.3. The van der Waals surface area contributed by atoms with Crippen molar-refractivity contribution in [2.45, 2.75) is 71.8 Å². The molecule has 0 aromatic carbocycles. The predicted molar refractivity (Wildman–Crippen MR) is 67.8 cm³/mol. The molecule has 0 heterocycles. The summed E-state index contributed by atoms with van der Waals surface area (Å²) in [5.74, 6) is 2.63. The molecule has 3 atom stereocenters. The average Bonchev–Trinajstić information content (AvgIpc) is 2.19. The highest BCUT2D eigenvalue weighted by Crippen LogP contribution is 2.34. The molecule has 1 heteroatoms. The molecule has 0 amide bonds. The van der Waals surface area contributed by atoms with E-state index in [0.717, 1.165) is 17.8 Å². The third-order valence-corrected chi connectivity index (χ3v) is 3.96. The lowest BCUT2D eigenvalue weighted by Gasteiger charge is -2.34. The second kappa shape index (κ2) is 6.52. The summed E-state index contributed by atoms with van der Waals surface area (Å²) in [5.41, 5.74) is 6.22. The first kappa shape index (κ1) is 13.0. The molecule has 1 saturated carbocycles. The summed E-state index contributed by atoms with van der Waals surface area (Å²) in [6.45, 7) is 6.94. The van der Waals surface area contributed by atoms with Crippen LogP contribution in [-0.2, 0) is 0 Å². The van der Waals surface area contributed by atoms with Crippen LogP contribution in [0.25, 0.3) is 0 Å². The topological polar surface area (TPSA) is 26.0 Å². The van der Waals surface area contributed by atoms with E-state index in [1.54, 1.807) is 0 Å². The van der Waals surface area contributed by atoms with E-state index in [1.165, 1.54) is 44.9 Å². The van der Waals surface area contributed by atoms with Crippen molar-refractivity contribution < 1.29 is 0 Å². The first-order chi connectivity index (χ1) is 7.13. The van der Waals surface area contributed by atoms with Crippen molar-refractivity contribution in [3.8, 4) is 0 Å². The fourth-order valence-electron chi connectivity index (χ4n) is 2.93. The molecule has 2 N–H and O–H groups in total. The van der Waals surface area contributed by atoms with Crippen LogP contribution in [0.1, 0.15) is 65.7 Å². The van der Waals surface area contributed by atoms with E-state index in [9.17, 15) is 0 Å². The summed E-state index contributed by atoms with van der Waals surface area (Å²) in [6, 6.07) is 0.497. The molecular formula is C14H29N. The predicted octanol–water partition coefficient (Wildman–Crippen LogP) is 3.97. The third kappa shape index (κ3) is 4.55. The molecule has 0 spiro atoms. The van der Waals surface area contributed by atoms with Crippen molar-refractivity contribution in [1.82, 2.24) is 0 Å². The van der Waals surface area contributed by atoms with E-state index < -0.39 is 0 Å². The van der Waals surface area contributed by atoms with Gasteiger partial charge in [0.1, 0.15) is 0 Å². The molecule has 0 bridgehead atoms. The first-order valence-corrected chi connectivity index (χ1v) is 6.89. The Morgan fingerprint density at radius 3 is 2.53 bits per heavy atom. The molecule has 1 aliphatic rings. The largest absolute Gasteiger partial charge is 0.327 e. The molecule has 1 rings (SSSR count). The molecule has 0 aliphatic heterocycles. The van der Waals surface area contributed by atoms with Gasteiger partial charge in [-0.1, -0.05) is 40.0 Å². The van der Waals surface area contributed by atoms with Gasteiger partial charge < -0.3 is 5.73 Å². The van der Waals surface area contributed by atoms with Crippen LogP contribution in [0.15, 0.2) is 0 Å². The average molecular weight is 211 g/mol. The summed E-state index contributed by atoms with van der Waals surface area (Å²) >= 11 is 0. The lowest BCUT2D eigenvalue weighted by molar-refractivity contribution is 0.204. The highest BCUT2D eigenvalue weighted by atomic mass is 14.7. The Morgan fingerprint density at radius 2 is 1.93 bits per heavy atom. The summed E-state index contributed by atoms with van der Waals surface area (Å²) < 4.78 is 0. The van der Waals surface area contributed by atoms with Crippen molar-refractivity contribution >= 4 is 0 Å². The molecule has 15 heavy (non-hydrogen) atoms. The van der Waals surface area contributed by atoms with Crippen LogP contribution < -0.4 is 5.73 Å². The van der Waals surface area contributed by atoms with E-state index >= 15 is 0 Å². The Labute approximate surface area is 95.8 Å². The zero-order valence-electron chi connectivity index (χ0n) is 10.8. The SMILES string of the molecule is CCCC1CCC(N)C(CCC(C)C)C1. The van der Waals surface area contributed by atoms with Gasteiger partial charge in [-0.3, -0.25) is 0 Å². The Bertz CT molecular complexity index is 165. The van der Waals surface area contributed by atoms with Gasteiger partial charge in [-0.15, -0.1) is 0 Å². The van der Waals surface area contributed by atoms with Gasteiger partial charge >= 0.3 is 0 Å². The van der Waals surface area contributed by atoms with Gasteiger partial charge in [0, 0.05) is 6.04 Å². The van der Waals surface area contributed by atoms with Crippen LogP contribution >= 0.6 is 0 Å². The first-order valence-electron chi connectivity index (χ1n) is 6.89. The monoisotopic (exact) mass is 211 g/mol. The minimum Gasteiger partial charge on any atom is -0.327 e. The maximum absolute atomic E-state index is 6.22. The Kier molecular flexibility index (Phi) is 5.66. The van der Waals surface area contributed by atoms with Crippen molar-refractivity contribution in [1.29, 1.82) is 0 Å². The lowest BCUT2D eigenvalue weighted by atomic mass is 9.74. The quantitative estimate of drug-likeness (QED) is 0.731. The van der Waals surface area contributed by atoms with Gasteiger partial charge in [0.05, 0.1) is 0 Å². The van der Waals surface area contributed by atoms with Crippen LogP contribution in [0.2, 0.25) is 0 Å². The maximum atomic E-state index is 6.22. The van der Waals surface area contributed by atoms with Crippen LogP contribution in [0.4, 0.5) is 0 Å². The van der Waals surface area contributed by atoms with Crippen LogP contribution in [-0.4, -0.2) is 6.04 Å². The van der Waals surface area contributed by atoms with Crippen molar-refractivity contribution in [3.63, 3.8) is 0 Å². The lowest BCUT2D eigenvalue weighted by Crippen LogP contribution is -2.36. The Hall–Kier alpha value is -0.0400. The molecule has 90 valence electrons. The second-order valence-corrected chi connectivity index (χ2v) is 5.86. The summed E-state index contributed by atoms with van der Waals surface area (Å²) in [7, 11) is 0. The van der Waals surface area contributed by atoms with Crippen LogP contribution in [0.3, 0.4) is 0 Å². The number of hydrogen-bond acceptors (Lipinski definition) is 1. The van der Waals surface area contributed by atoms with Crippen LogP contribution in [0.5, 0.6) is 0 Å². The molecule has 1 aliphatic carbocycles. The fraction of sp³-hybridized carbons (Fsp3) is 1.00. The van der Waals surface area contributed by atoms with Gasteiger partial charge in [0.2, 0.25) is 0 Å². The minimum atomic E-state index is 0.497. The van der Waals surface area contributed by atoms with Gasteiger partial charge in [-0.2, -0.15) is 0 Å². The second-order valence-electron chi connectivity index (χ2n) is 5.86. The Balaban J connectivity index is 2.32. The van der Waals surface area contributed by atoms with E-state index in [-0.39, 0.29) is 0 Å². The smallest absolute Gasteiger partial charge is 0.00673 e. The molecule has 0 radical (unpaired) electrons. The third-order valence-electron chi connectivity index (χ3n) is 3.96. The van der Waals surface area contributed by atoms with Crippen molar-refractivity contribution in [2.24, 2.45) is 23.5 Å². The number of nitrogens with two attached hydrogens (primary N) is 1. The standard InChI is InChI=1S/C14H29N/c1-4-5-12-7-9-14(15)13(10-12)8-6-11(2)3/h11-14H,4-10,15H2,1-3H3. The number of rotatable bonds is 5. The van der Waals surface area contributed by atoms with Gasteiger partial charge in [-0.25, -0.2) is 0 Å². The maximum Gasteiger partial charge on any atom is 0.00673 e. The van der Waals surface area contributed by atoms with E-state index in [1.807, 2.05) is 0 Å². The van der Waals surface area contributed by atoms with Crippen molar-refractivity contribution in [2.75, 3.05) is 0 Å². The van der Waals surface area contributed by atoms with Gasteiger partial charge in [-0.05, 0) is 43.4 Å². The summed E-state index contributed by atoms with van der Waals surface area (Å²) in [6.07, 6.45) is 9.54. The molecule has 0 aromatic heterocycles. The molecule has 0 aromatic rings. The normalized spacial score (nSPS) is 32.2. The van der Waals surface area contributed by atoms with E-state index in [4.69, 9.17) is 5.73 Å². The molecule has 1 nitrogen and oxygen atoms in total.